The average molecular weight is 496 g/mol. The van der Waals surface area contributed by atoms with Crippen molar-refractivity contribution in [2.75, 3.05) is 47.9 Å². The van der Waals surface area contributed by atoms with Gasteiger partial charge in [-0.25, -0.2) is 12.7 Å². The summed E-state index contributed by atoms with van der Waals surface area (Å²) in [6.45, 7) is 9.04. The summed E-state index contributed by atoms with van der Waals surface area (Å²) in [4.78, 5) is 15.0. The first-order valence-corrected chi connectivity index (χ1v) is 13.1. The Balaban J connectivity index is 1.94. The molecule has 3 atom stereocenters. The third kappa shape index (κ3) is 7.04. The highest BCUT2D eigenvalue weighted by atomic mass is 32.2. The number of nitrogens with zero attached hydrogens (tertiary/aromatic N) is 2. The quantitative estimate of drug-likeness (QED) is 0.474. The first-order valence-electron chi connectivity index (χ1n) is 11.7. The number of rotatable bonds is 11. The van der Waals surface area contributed by atoms with Gasteiger partial charge in [-0.2, -0.15) is 0 Å². The van der Waals surface area contributed by atoms with Gasteiger partial charge in [0, 0.05) is 39.6 Å². The van der Waals surface area contributed by atoms with Crippen LogP contribution < -0.4 is 5.32 Å². The van der Waals surface area contributed by atoms with Crippen LogP contribution in [0.1, 0.15) is 40.5 Å². The standard InChI is InChI=1S/C25H41N3O5S/c1-18-17-22(32-8)19(2)20(3)24(18)34(30,31)28(7)14-11-23(29)26-25(4)12-9-21(10-13-25)33-16-15-27(5)6/h9-10,12,17,19,22H,11,13-16H2,1-8H3,(H,26,29). The van der Waals surface area contributed by atoms with Gasteiger partial charge in [0.25, 0.3) is 0 Å². The van der Waals surface area contributed by atoms with E-state index in [1.54, 1.807) is 14.0 Å². The number of nitrogens with one attached hydrogen (secondary N) is 1. The molecule has 0 aromatic heterocycles. The normalized spacial score (nSPS) is 25.5. The fourth-order valence-electron chi connectivity index (χ4n) is 4.09. The smallest absolute Gasteiger partial charge is 0.243 e. The Labute approximate surface area is 205 Å². The molecule has 2 aliphatic rings. The number of sulfonamides is 1. The minimum absolute atomic E-state index is 0.0435. The third-order valence-corrected chi connectivity index (χ3v) is 8.64. The van der Waals surface area contributed by atoms with Gasteiger partial charge in [-0.3, -0.25) is 4.79 Å². The lowest BCUT2D eigenvalue weighted by molar-refractivity contribution is -0.122. The van der Waals surface area contributed by atoms with Gasteiger partial charge in [-0.1, -0.05) is 19.1 Å². The molecule has 34 heavy (non-hydrogen) atoms. The molecule has 8 nitrogen and oxygen atoms in total. The predicted octanol–water partition coefficient (Wildman–Crippen LogP) is 2.82. The van der Waals surface area contributed by atoms with Crippen LogP contribution in [0.15, 0.2) is 46.1 Å². The first kappa shape index (κ1) is 28.3. The van der Waals surface area contributed by atoms with E-state index in [9.17, 15) is 13.2 Å². The molecule has 0 spiro atoms. The van der Waals surface area contributed by atoms with E-state index in [4.69, 9.17) is 9.47 Å². The van der Waals surface area contributed by atoms with Crippen molar-refractivity contribution in [1.29, 1.82) is 0 Å². The average Bonchev–Trinajstić information content (AvgIpc) is 2.75. The fourth-order valence-corrected chi connectivity index (χ4v) is 5.80. The second-order valence-electron chi connectivity index (χ2n) is 9.69. The molecule has 0 bridgehead atoms. The molecular weight excluding hydrogens is 454 g/mol. The highest BCUT2D eigenvalue weighted by Gasteiger charge is 2.34. The van der Waals surface area contributed by atoms with Crippen molar-refractivity contribution in [3.05, 3.63) is 46.1 Å². The van der Waals surface area contributed by atoms with Gasteiger partial charge < -0.3 is 19.7 Å². The van der Waals surface area contributed by atoms with Gasteiger partial charge in [0.05, 0.1) is 16.5 Å². The molecule has 0 heterocycles. The van der Waals surface area contributed by atoms with E-state index in [2.05, 4.69) is 10.2 Å². The number of carbonyl (C=O) groups is 1. The van der Waals surface area contributed by atoms with E-state index in [0.717, 1.165) is 17.9 Å². The lowest BCUT2D eigenvalue weighted by Crippen LogP contribution is -2.46. The minimum atomic E-state index is -3.73. The highest BCUT2D eigenvalue weighted by molar-refractivity contribution is 7.93. The molecule has 3 unspecified atom stereocenters. The molecule has 2 aliphatic carbocycles. The molecular formula is C25H41N3O5S. The highest BCUT2D eigenvalue weighted by Crippen LogP contribution is 2.35. The second kappa shape index (κ2) is 11.7. The lowest BCUT2D eigenvalue weighted by Gasteiger charge is -2.31. The summed E-state index contributed by atoms with van der Waals surface area (Å²) >= 11 is 0. The molecule has 0 aromatic rings. The van der Waals surface area contributed by atoms with E-state index in [1.807, 2.05) is 59.2 Å². The number of allylic oxidation sites excluding steroid dienone is 2. The molecule has 0 fully saturated rings. The summed E-state index contributed by atoms with van der Waals surface area (Å²) in [5.74, 6) is 0.552. The number of hydrogen-bond donors (Lipinski definition) is 1. The number of likely N-dealkylation sites (N-methyl/N-ethyl adjacent to an activating group) is 1. The van der Waals surface area contributed by atoms with E-state index in [-0.39, 0.29) is 30.9 Å². The van der Waals surface area contributed by atoms with Crippen LogP contribution in [0.25, 0.3) is 0 Å². The Kier molecular flexibility index (Phi) is 9.71. The van der Waals surface area contributed by atoms with E-state index < -0.39 is 15.6 Å². The third-order valence-electron chi connectivity index (χ3n) is 6.48. The van der Waals surface area contributed by atoms with E-state index >= 15 is 0 Å². The Morgan fingerprint density at radius 3 is 2.47 bits per heavy atom. The molecule has 9 heteroatoms. The maximum atomic E-state index is 13.3. The summed E-state index contributed by atoms with van der Waals surface area (Å²) in [5, 5.41) is 3.02. The van der Waals surface area contributed by atoms with Crippen LogP contribution in [0.2, 0.25) is 0 Å². The van der Waals surface area contributed by atoms with Gasteiger partial charge in [0.2, 0.25) is 15.9 Å². The predicted molar refractivity (Wildman–Crippen MR) is 135 cm³/mol. The summed E-state index contributed by atoms with van der Waals surface area (Å²) in [6, 6.07) is 0. The SMILES string of the molecule is COC1C=C(C)C(S(=O)(=O)N(C)CCC(=O)NC2(C)C=CC(OCCN(C)C)=CC2)=C(C)C1C. The first-order chi connectivity index (χ1) is 15.8. The molecule has 1 amide bonds. The van der Waals surface area contributed by atoms with Crippen molar-refractivity contribution >= 4 is 15.9 Å². The number of ether oxygens (including phenoxy) is 2. The monoisotopic (exact) mass is 495 g/mol. The molecule has 0 saturated heterocycles. The van der Waals surface area contributed by atoms with Gasteiger partial charge in [-0.05, 0) is 64.6 Å². The van der Waals surface area contributed by atoms with Gasteiger partial charge in [0.1, 0.15) is 12.4 Å². The van der Waals surface area contributed by atoms with Crippen molar-refractivity contribution in [3.8, 4) is 0 Å². The van der Waals surface area contributed by atoms with E-state index in [1.165, 1.54) is 11.4 Å². The zero-order chi connectivity index (χ0) is 25.7. The summed E-state index contributed by atoms with van der Waals surface area (Å²) in [6.07, 6.45) is 8.15. The Bertz CT molecular complexity index is 981. The summed E-state index contributed by atoms with van der Waals surface area (Å²) in [5.41, 5.74) is 0.919. The topological polar surface area (TPSA) is 88.2 Å². The van der Waals surface area contributed by atoms with Gasteiger partial charge in [-0.15, -0.1) is 0 Å². The fraction of sp³-hybridized carbons (Fsp3) is 0.640. The molecule has 1 N–H and O–H groups in total. The van der Waals surface area contributed by atoms with Crippen LogP contribution >= 0.6 is 0 Å². The number of methoxy groups -OCH3 is 1. The molecule has 192 valence electrons. The van der Waals surface area contributed by atoms with Crippen LogP contribution in [0.5, 0.6) is 0 Å². The molecule has 0 aliphatic heterocycles. The zero-order valence-electron chi connectivity index (χ0n) is 21.8. The molecule has 0 aromatic carbocycles. The molecule has 2 rings (SSSR count). The summed E-state index contributed by atoms with van der Waals surface area (Å²) < 4.78 is 39.1. The Hall–Kier alpha value is -1.94. The summed E-state index contributed by atoms with van der Waals surface area (Å²) in [7, 11) is 3.40. The van der Waals surface area contributed by atoms with Crippen LogP contribution in [-0.4, -0.2) is 83.1 Å². The van der Waals surface area contributed by atoms with Crippen LogP contribution in [-0.2, 0) is 24.3 Å². The second-order valence-corrected chi connectivity index (χ2v) is 11.7. The zero-order valence-corrected chi connectivity index (χ0v) is 22.7. The number of hydrogen-bond acceptors (Lipinski definition) is 6. The van der Waals surface area contributed by atoms with Crippen molar-refractivity contribution in [2.45, 2.75) is 52.2 Å². The number of amides is 1. The molecule has 0 radical (unpaired) electrons. The minimum Gasteiger partial charge on any atom is -0.493 e. The largest absolute Gasteiger partial charge is 0.493 e. The Morgan fingerprint density at radius 2 is 1.91 bits per heavy atom. The maximum absolute atomic E-state index is 13.3. The van der Waals surface area contributed by atoms with Crippen LogP contribution in [0, 0.1) is 5.92 Å². The van der Waals surface area contributed by atoms with Crippen LogP contribution in [0.3, 0.4) is 0 Å². The van der Waals surface area contributed by atoms with Gasteiger partial charge in [0.15, 0.2) is 0 Å². The van der Waals surface area contributed by atoms with Crippen molar-refractivity contribution < 1.29 is 22.7 Å². The Morgan fingerprint density at radius 1 is 1.24 bits per heavy atom. The van der Waals surface area contributed by atoms with Crippen LogP contribution in [0.4, 0.5) is 0 Å². The van der Waals surface area contributed by atoms with Crippen molar-refractivity contribution in [2.24, 2.45) is 5.92 Å². The van der Waals surface area contributed by atoms with Crippen molar-refractivity contribution in [1.82, 2.24) is 14.5 Å². The van der Waals surface area contributed by atoms with Gasteiger partial charge >= 0.3 is 0 Å². The number of carbonyl (C=O) groups excluding carboxylic acids is 1. The molecule has 0 saturated carbocycles. The van der Waals surface area contributed by atoms with E-state index in [0.29, 0.717) is 23.5 Å². The van der Waals surface area contributed by atoms with Crippen molar-refractivity contribution in [3.63, 3.8) is 0 Å². The maximum Gasteiger partial charge on any atom is 0.243 e. The lowest BCUT2D eigenvalue weighted by atomic mass is 9.89.